The topological polar surface area (TPSA) is 33.1 Å². The molecule has 1 saturated heterocycles. The summed E-state index contributed by atoms with van der Waals surface area (Å²) in [5.41, 5.74) is 2.93. The third-order valence-electron chi connectivity index (χ3n) is 3.84. The van der Waals surface area contributed by atoms with E-state index >= 15 is 0 Å². The molecule has 0 radical (unpaired) electrons. The second-order valence-electron chi connectivity index (χ2n) is 6.13. The number of rotatable bonds is 4. The van der Waals surface area contributed by atoms with Crippen molar-refractivity contribution in [3.05, 3.63) is 11.3 Å². The monoisotopic (exact) mass is 250 g/mol. The van der Waals surface area contributed by atoms with Crippen molar-refractivity contribution in [1.29, 1.82) is 0 Å². The molecule has 2 heterocycles. The smallest absolute Gasteiger partial charge is 0.131 e. The first-order chi connectivity index (χ1) is 8.44. The van der Waals surface area contributed by atoms with Crippen molar-refractivity contribution in [3.63, 3.8) is 0 Å². The Morgan fingerprint density at radius 2 is 2.11 bits per heavy atom. The molecule has 0 aliphatic carbocycles. The van der Waals surface area contributed by atoms with E-state index in [0.29, 0.717) is 5.41 Å². The molecule has 0 atom stereocenters. The van der Waals surface area contributed by atoms with Crippen LogP contribution in [0.3, 0.4) is 0 Å². The Morgan fingerprint density at radius 3 is 2.67 bits per heavy atom. The van der Waals surface area contributed by atoms with E-state index in [9.17, 15) is 0 Å². The molecule has 4 nitrogen and oxygen atoms in total. The van der Waals surface area contributed by atoms with Crippen molar-refractivity contribution in [1.82, 2.24) is 15.1 Å². The van der Waals surface area contributed by atoms with Crippen LogP contribution in [0.5, 0.6) is 0 Å². The first-order valence-electron chi connectivity index (χ1n) is 6.93. The highest BCUT2D eigenvalue weighted by Crippen LogP contribution is 2.34. The molecule has 1 fully saturated rings. The maximum Gasteiger partial charge on any atom is 0.131 e. The van der Waals surface area contributed by atoms with Crippen molar-refractivity contribution in [3.8, 4) is 0 Å². The van der Waals surface area contributed by atoms with E-state index in [2.05, 4.69) is 50.1 Å². The Hall–Kier alpha value is -1.03. The van der Waals surface area contributed by atoms with Gasteiger partial charge >= 0.3 is 0 Å². The van der Waals surface area contributed by atoms with Gasteiger partial charge in [-0.15, -0.1) is 0 Å². The van der Waals surface area contributed by atoms with Gasteiger partial charge in [0.05, 0.1) is 5.69 Å². The highest BCUT2D eigenvalue weighted by Gasteiger charge is 2.32. The van der Waals surface area contributed by atoms with Crippen LogP contribution in [0, 0.1) is 12.3 Å². The normalized spacial score (nSPS) is 18.6. The maximum atomic E-state index is 4.59. The lowest BCUT2D eigenvalue weighted by atomic mass is 9.93. The summed E-state index contributed by atoms with van der Waals surface area (Å²) in [5.74, 6) is 1.30. The van der Waals surface area contributed by atoms with Gasteiger partial charge in [-0.2, -0.15) is 5.10 Å². The molecule has 1 aromatic heterocycles. The molecule has 18 heavy (non-hydrogen) atoms. The van der Waals surface area contributed by atoms with Gasteiger partial charge in [0.2, 0.25) is 0 Å². The fraction of sp³-hybridized carbons (Fsp3) is 0.786. The molecule has 0 spiro atoms. The zero-order valence-corrected chi connectivity index (χ0v) is 12.4. The second-order valence-corrected chi connectivity index (χ2v) is 6.13. The van der Waals surface area contributed by atoms with Crippen LogP contribution in [0.4, 0.5) is 5.82 Å². The van der Waals surface area contributed by atoms with Crippen molar-refractivity contribution in [2.45, 2.75) is 40.7 Å². The molecule has 1 N–H and O–H groups in total. The lowest BCUT2D eigenvalue weighted by Crippen LogP contribution is -2.26. The summed E-state index contributed by atoms with van der Waals surface area (Å²) >= 11 is 0. The first kappa shape index (κ1) is 13.4. The Labute approximate surface area is 110 Å². The highest BCUT2D eigenvalue weighted by atomic mass is 15.4. The van der Waals surface area contributed by atoms with E-state index in [0.717, 1.165) is 31.9 Å². The minimum absolute atomic E-state index is 0.424. The third kappa shape index (κ3) is 2.53. The van der Waals surface area contributed by atoms with Gasteiger partial charge in [-0.25, -0.2) is 0 Å². The molecule has 0 amide bonds. The van der Waals surface area contributed by atoms with Crippen LogP contribution in [-0.4, -0.2) is 29.4 Å². The summed E-state index contributed by atoms with van der Waals surface area (Å²) in [6.07, 6.45) is 1.26. The van der Waals surface area contributed by atoms with E-state index < -0.39 is 0 Å². The molecule has 1 aliphatic heterocycles. The number of nitrogens with one attached hydrogen (secondary N) is 1. The molecule has 1 aliphatic rings. The van der Waals surface area contributed by atoms with E-state index in [1.807, 2.05) is 4.68 Å². The van der Waals surface area contributed by atoms with Gasteiger partial charge in [0.15, 0.2) is 0 Å². The van der Waals surface area contributed by atoms with Gasteiger partial charge in [-0.3, -0.25) is 4.68 Å². The molecule has 4 heteroatoms. The Kier molecular flexibility index (Phi) is 3.66. The minimum Gasteiger partial charge on any atom is -0.356 e. The fourth-order valence-electron chi connectivity index (χ4n) is 2.84. The Morgan fingerprint density at radius 1 is 1.39 bits per heavy atom. The summed E-state index contributed by atoms with van der Waals surface area (Å²) in [5, 5.41) is 8.01. The molecular weight excluding hydrogens is 224 g/mol. The minimum atomic E-state index is 0.424. The molecule has 0 saturated carbocycles. The average molecular weight is 250 g/mol. The number of hydrogen-bond acceptors (Lipinski definition) is 3. The van der Waals surface area contributed by atoms with Crippen LogP contribution in [-0.2, 0) is 13.6 Å². The van der Waals surface area contributed by atoms with E-state index in [4.69, 9.17) is 0 Å². The number of anilines is 1. The molecule has 0 unspecified atom stereocenters. The summed E-state index contributed by atoms with van der Waals surface area (Å²) in [7, 11) is 2.06. The third-order valence-corrected chi connectivity index (χ3v) is 3.84. The zero-order valence-electron chi connectivity index (χ0n) is 12.4. The molecule has 2 rings (SSSR count). The van der Waals surface area contributed by atoms with Crippen LogP contribution < -0.4 is 10.2 Å². The number of aromatic nitrogens is 2. The zero-order chi connectivity index (χ0) is 13.3. The summed E-state index contributed by atoms with van der Waals surface area (Å²) < 4.78 is 2.05. The van der Waals surface area contributed by atoms with Gasteiger partial charge in [0, 0.05) is 32.2 Å². The van der Waals surface area contributed by atoms with Crippen LogP contribution >= 0.6 is 0 Å². The SMILES string of the molecule is CCNCc1c(C)nn(C)c1N1CCC(C)(C)C1. The highest BCUT2D eigenvalue weighted by molar-refractivity contribution is 5.51. The molecular formula is C14H26N4. The van der Waals surface area contributed by atoms with Gasteiger partial charge in [-0.1, -0.05) is 20.8 Å². The predicted octanol–water partition coefficient (Wildman–Crippen LogP) is 2.07. The van der Waals surface area contributed by atoms with Crippen LogP contribution in [0.2, 0.25) is 0 Å². The molecule has 1 aromatic rings. The van der Waals surface area contributed by atoms with Gasteiger partial charge in [0.1, 0.15) is 5.82 Å². The van der Waals surface area contributed by atoms with Crippen LogP contribution in [0.25, 0.3) is 0 Å². The van der Waals surface area contributed by atoms with Gasteiger partial charge in [-0.05, 0) is 25.3 Å². The average Bonchev–Trinajstić information content (AvgIpc) is 2.76. The van der Waals surface area contributed by atoms with Crippen molar-refractivity contribution >= 4 is 5.82 Å². The van der Waals surface area contributed by atoms with E-state index in [-0.39, 0.29) is 0 Å². The summed E-state index contributed by atoms with van der Waals surface area (Å²) in [6, 6.07) is 0. The van der Waals surface area contributed by atoms with Crippen LogP contribution in [0.15, 0.2) is 0 Å². The predicted molar refractivity (Wildman–Crippen MR) is 75.9 cm³/mol. The molecule has 0 bridgehead atoms. The summed E-state index contributed by atoms with van der Waals surface area (Å²) in [4.78, 5) is 2.49. The largest absolute Gasteiger partial charge is 0.356 e. The lowest BCUT2D eigenvalue weighted by molar-refractivity contribution is 0.418. The van der Waals surface area contributed by atoms with E-state index in [1.54, 1.807) is 0 Å². The Balaban J connectivity index is 2.26. The molecule has 0 aromatic carbocycles. The van der Waals surface area contributed by atoms with Crippen molar-refractivity contribution in [2.24, 2.45) is 12.5 Å². The van der Waals surface area contributed by atoms with Crippen LogP contribution in [0.1, 0.15) is 38.4 Å². The standard InChI is InChI=1S/C14H26N4/c1-6-15-9-12-11(2)16-17(5)13(12)18-8-7-14(3,4)10-18/h15H,6-10H2,1-5H3. The maximum absolute atomic E-state index is 4.59. The fourth-order valence-corrected chi connectivity index (χ4v) is 2.84. The Bertz CT molecular complexity index is 420. The van der Waals surface area contributed by atoms with Gasteiger partial charge in [0.25, 0.3) is 0 Å². The van der Waals surface area contributed by atoms with E-state index in [1.165, 1.54) is 17.8 Å². The summed E-state index contributed by atoms with van der Waals surface area (Å²) in [6.45, 7) is 13.1. The quantitative estimate of drug-likeness (QED) is 0.888. The van der Waals surface area contributed by atoms with Gasteiger partial charge < -0.3 is 10.2 Å². The number of aryl methyl sites for hydroxylation is 2. The first-order valence-corrected chi connectivity index (χ1v) is 6.93. The number of nitrogens with zero attached hydrogens (tertiary/aromatic N) is 3. The van der Waals surface area contributed by atoms with Crippen molar-refractivity contribution < 1.29 is 0 Å². The van der Waals surface area contributed by atoms with Crippen molar-refractivity contribution in [2.75, 3.05) is 24.5 Å². The lowest BCUT2D eigenvalue weighted by Gasteiger charge is -2.23. The second kappa shape index (κ2) is 4.92. The number of hydrogen-bond donors (Lipinski definition) is 1. The molecule has 102 valence electrons.